The minimum atomic E-state index is 0.241. The van der Waals surface area contributed by atoms with E-state index in [4.69, 9.17) is 10.9 Å². The molecule has 1 aliphatic heterocycles. The van der Waals surface area contributed by atoms with Crippen molar-refractivity contribution in [2.75, 3.05) is 23.5 Å². The van der Waals surface area contributed by atoms with Gasteiger partial charge in [-0.3, -0.25) is 0 Å². The van der Waals surface area contributed by atoms with Crippen LogP contribution in [0.1, 0.15) is 25.7 Å². The number of nitrogens with zero attached hydrogens (tertiary/aromatic N) is 3. The minimum Gasteiger partial charge on any atom is -0.396 e. The van der Waals surface area contributed by atoms with Gasteiger partial charge in [0.1, 0.15) is 16.6 Å². The number of hydrogen-bond donors (Lipinski definition) is 3. The summed E-state index contributed by atoms with van der Waals surface area (Å²) in [4.78, 5) is 10.7. The number of halogens is 1. The molecule has 6 nitrogen and oxygen atoms in total. The van der Waals surface area contributed by atoms with Gasteiger partial charge in [-0.2, -0.15) is 0 Å². The van der Waals surface area contributed by atoms with Crippen LogP contribution >= 0.6 is 15.9 Å². The zero-order valence-corrected chi connectivity index (χ0v) is 11.7. The lowest BCUT2D eigenvalue weighted by atomic mass is 10.1. The van der Waals surface area contributed by atoms with Crippen LogP contribution in [0.4, 0.5) is 11.6 Å². The smallest absolute Gasteiger partial charge is 0.159 e. The van der Waals surface area contributed by atoms with E-state index in [1.807, 2.05) is 0 Å². The number of hydrazine groups is 1. The van der Waals surface area contributed by atoms with Gasteiger partial charge in [0.25, 0.3) is 0 Å². The highest BCUT2D eigenvalue weighted by molar-refractivity contribution is 9.10. The van der Waals surface area contributed by atoms with Gasteiger partial charge in [-0.25, -0.2) is 15.8 Å². The van der Waals surface area contributed by atoms with Gasteiger partial charge in [0, 0.05) is 19.2 Å². The quantitative estimate of drug-likeness (QED) is 0.560. The van der Waals surface area contributed by atoms with Crippen molar-refractivity contribution in [2.45, 2.75) is 31.7 Å². The molecule has 18 heavy (non-hydrogen) atoms. The van der Waals surface area contributed by atoms with Crippen LogP contribution in [0.25, 0.3) is 0 Å². The van der Waals surface area contributed by atoms with Crippen molar-refractivity contribution in [1.29, 1.82) is 0 Å². The van der Waals surface area contributed by atoms with E-state index in [0.29, 0.717) is 11.9 Å². The number of aliphatic hydroxyl groups excluding tert-OH is 1. The Morgan fingerprint density at radius 1 is 1.56 bits per heavy atom. The lowest BCUT2D eigenvalue weighted by Crippen LogP contribution is -2.30. The summed E-state index contributed by atoms with van der Waals surface area (Å²) < 4.78 is 0.795. The first-order valence-electron chi connectivity index (χ1n) is 6.12. The third kappa shape index (κ3) is 2.73. The van der Waals surface area contributed by atoms with Crippen molar-refractivity contribution in [3.05, 3.63) is 10.8 Å². The molecular formula is C11H18BrN5O. The second kappa shape index (κ2) is 6.31. The van der Waals surface area contributed by atoms with Gasteiger partial charge in [-0.1, -0.05) is 0 Å². The highest BCUT2D eigenvalue weighted by Crippen LogP contribution is 2.34. The van der Waals surface area contributed by atoms with Gasteiger partial charge in [0.05, 0.1) is 0 Å². The molecule has 100 valence electrons. The average molecular weight is 316 g/mol. The third-order valence-corrected chi connectivity index (χ3v) is 3.98. The van der Waals surface area contributed by atoms with E-state index in [1.54, 1.807) is 0 Å². The predicted octanol–water partition coefficient (Wildman–Crippen LogP) is 1.27. The van der Waals surface area contributed by atoms with Crippen LogP contribution in [0, 0.1) is 0 Å². The molecular weight excluding hydrogens is 298 g/mol. The lowest BCUT2D eigenvalue weighted by Gasteiger charge is -2.26. The summed E-state index contributed by atoms with van der Waals surface area (Å²) in [6.45, 7) is 1.22. The Hall–Kier alpha value is -0.920. The molecule has 2 heterocycles. The van der Waals surface area contributed by atoms with Gasteiger partial charge in [-0.05, 0) is 41.6 Å². The first-order valence-corrected chi connectivity index (χ1v) is 6.92. The fourth-order valence-corrected chi connectivity index (χ4v) is 2.95. The lowest BCUT2D eigenvalue weighted by molar-refractivity contribution is 0.279. The Labute approximate surface area is 115 Å². The summed E-state index contributed by atoms with van der Waals surface area (Å²) in [5.41, 5.74) is 2.55. The normalized spacial score (nSPS) is 19.3. The number of hydrogen-bond acceptors (Lipinski definition) is 6. The van der Waals surface area contributed by atoms with E-state index >= 15 is 0 Å². The van der Waals surface area contributed by atoms with Crippen molar-refractivity contribution in [3.63, 3.8) is 0 Å². The van der Waals surface area contributed by atoms with Crippen molar-refractivity contribution in [3.8, 4) is 0 Å². The van der Waals surface area contributed by atoms with Gasteiger partial charge in [0.2, 0.25) is 0 Å². The molecule has 1 aliphatic rings. The molecule has 0 aliphatic carbocycles. The van der Waals surface area contributed by atoms with Gasteiger partial charge >= 0.3 is 0 Å². The summed E-state index contributed by atoms with van der Waals surface area (Å²) in [6.07, 6.45) is 5.61. The van der Waals surface area contributed by atoms with Crippen molar-refractivity contribution in [2.24, 2.45) is 5.84 Å². The average Bonchev–Trinajstić information content (AvgIpc) is 2.84. The van der Waals surface area contributed by atoms with Crippen LogP contribution in [0.2, 0.25) is 0 Å². The van der Waals surface area contributed by atoms with Crippen molar-refractivity contribution < 1.29 is 5.11 Å². The fourth-order valence-electron chi connectivity index (χ4n) is 2.40. The molecule has 4 N–H and O–H groups in total. The van der Waals surface area contributed by atoms with E-state index in [2.05, 4.69) is 36.2 Å². The first kappa shape index (κ1) is 13.5. The molecule has 1 fully saturated rings. The minimum absolute atomic E-state index is 0.241. The number of aromatic nitrogens is 2. The van der Waals surface area contributed by atoms with Crippen LogP contribution in [-0.4, -0.2) is 34.3 Å². The number of aliphatic hydroxyl groups is 1. The van der Waals surface area contributed by atoms with Crippen molar-refractivity contribution in [1.82, 2.24) is 9.97 Å². The SMILES string of the molecule is NNc1ncnc(N2CCCC2CCCO)c1Br. The number of nitrogens with one attached hydrogen (secondary N) is 1. The van der Waals surface area contributed by atoms with E-state index in [-0.39, 0.29) is 6.61 Å². The summed E-state index contributed by atoms with van der Waals surface area (Å²) in [6, 6.07) is 0.439. The molecule has 0 bridgehead atoms. The van der Waals surface area contributed by atoms with E-state index in [0.717, 1.165) is 42.5 Å². The maximum Gasteiger partial charge on any atom is 0.159 e. The Morgan fingerprint density at radius 3 is 3.11 bits per heavy atom. The molecule has 0 radical (unpaired) electrons. The zero-order chi connectivity index (χ0) is 13.0. The zero-order valence-electron chi connectivity index (χ0n) is 10.1. The number of nitrogens with two attached hydrogens (primary N) is 1. The third-order valence-electron chi connectivity index (χ3n) is 3.25. The summed E-state index contributed by atoms with van der Waals surface area (Å²) in [5.74, 6) is 6.88. The highest BCUT2D eigenvalue weighted by Gasteiger charge is 2.27. The second-order valence-corrected chi connectivity index (χ2v) is 5.15. The number of rotatable bonds is 5. The maximum atomic E-state index is 8.94. The fraction of sp³-hybridized carbons (Fsp3) is 0.636. The molecule has 1 unspecified atom stereocenters. The van der Waals surface area contributed by atoms with E-state index < -0.39 is 0 Å². The molecule has 0 saturated carbocycles. The molecule has 1 aromatic rings. The number of anilines is 2. The maximum absolute atomic E-state index is 8.94. The van der Waals surface area contributed by atoms with Gasteiger partial charge in [-0.15, -0.1) is 0 Å². The first-order chi connectivity index (χ1) is 8.77. The number of nitrogen functional groups attached to an aromatic ring is 1. The second-order valence-electron chi connectivity index (χ2n) is 4.36. The molecule has 2 rings (SSSR count). The van der Waals surface area contributed by atoms with Crippen LogP contribution in [-0.2, 0) is 0 Å². The molecule has 1 saturated heterocycles. The summed E-state index contributed by atoms with van der Waals surface area (Å²) in [7, 11) is 0. The van der Waals surface area contributed by atoms with Crippen LogP contribution in [0.3, 0.4) is 0 Å². The molecule has 0 amide bonds. The standard InChI is InChI=1S/C11H18BrN5O/c12-9-10(16-13)14-7-15-11(9)17-5-1-3-8(17)4-2-6-18/h7-8,18H,1-6,13H2,(H,14,15,16). The molecule has 0 aromatic carbocycles. The molecule has 1 aromatic heterocycles. The summed E-state index contributed by atoms with van der Waals surface area (Å²) in [5, 5.41) is 8.94. The van der Waals surface area contributed by atoms with Crippen LogP contribution < -0.4 is 16.2 Å². The van der Waals surface area contributed by atoms with Crippen LogP contribution in [0.15, 0.2) is 10.8 Å². The Bertz CT molecular complexity index is 403. The Kier molecular flexibility index (Phi) is 4.73. The largest absolute Gasteiger partial charge is 0.396 e. The molecule has 0 spiro atoms. The topological polar surface area (TPSA) is 87.3 Å². The van der Waals surface area contributed by atoms with E-state index in [9.17, 15) is 0 Å². The highest BCUT2D eigenvalue weighted by atomic mass is 79.9. The van der Waals surface area contributed by atoms with Crippen LogP contribution in [0.5, 0.6) is 0 Å². The van der Waals surface area contributed by atoms with Gasteiger partial charge < -0.3 is 15.4 Å². The monoisotopic (exact) mass is 315 g/mol. The Morgan fingerprint density at radius 2 is 2.39 bits per heavy atom. The Balaban J connectivity index is 2.19. The van der Waals surface area contributed by atoms with E-state index in [1.165, 1.54) is 6.33 Å². The molecule has 7 heteroatoms. The molecule has 1 atom stereocenters. The van der Waals surface area contributed by atoms with Crippen molar-refractivity contribution >= 4 is 27.6 Å². The van der Waals surface area contributed by atoms with Gasteiger partial charge in [0.15, 0.2) is 5.82 Å². The predicted molar refractivity (Wildman–Crippen MR) is 74.2 cm³/mol. The summed E-state index contributed by atoms with van der Waals surface area (Å²) >= 11 is 3.49.